The molecule has 3 rings (SSSR count). The third kappa shape index (κ3) is 5.24. The Hall–Kier alpha value is -2.04. The molecule has 188 valence electrons. The largest absolute Gasteiger partial charge is 0.506 e. The van der Waals surface area contributed by atoms with Crippen molar-refractivity contribution in [2.75, 3.05) is 33.0 Å². The van der Waals surface area contributed by atoms with Crippen LogP contribution in [-0.4, -0.2) is 62.4 Å². The summed E-state index contributed by atoms with van der Waals surface area (Å²) in [5.41, 5.74) is 8.41. The van der Waals surface area contributed by atoms with Crippen LogP contribution >= 0.6 is 0 Å². The van der Waals surface area contributed by atoms with Crippen molar-refractivity contribution >= 4 is 31.5 Å². The number of anilines is 1. The Morgan fingerprint density at radius 2 is 1.03 bits per heavy atom. The average molecular weight is 473 g/mol. The highest BCUT2D eigenvalue weighted by Gasteiger charge is 2.59. The lowest BCUT2D eigenvalue weighted by molar-refractivity contribution is -0.285. The minimum absolute atomic E-state index is 0.169. The van der Waals surface area contributed by atoms with Crippen molar-refractivity contribution in [3.8, 4) is 0 Å². The topological polar surface area (TPSA) is 12.7 Å². The number of para-hydroxylation sites is 2. The summed E-state index contributed by atoms with van der Waals surface area (Å²) in [5, 5.41) is 0. The van der Waals surface area contributed by atoms with Gasteiger partial charge in [0.25, 0.3) is 0 Å². The van der Waals surface area contributed by atoms with Crippen molar-refractivity contribution in [2.45, 2.75) is 79.1 Å². The van der Waals surface area contributed by atoms with Gasteiger partial charge >= 0.3 is 13.7 Å². The van der Waals surface area contributed by atoms with Gasteiger partial charge in [-0.1, -0.05) is 91.8 Å². The summed E-state index contributed by atoms with van der Waals surface area (Å²) in [4.78, 5) is 7.33. The zero-order chi connectivity index (χ0) is 26.2. The van der Waals surface area contributed by atoms with Crippen LogP contribution in [0, 0.1) is 0 Å². The Labute approximate surface area is 216 Å². The SMILES string of the molecule is CC(C)c1cccc(C(C)C)c1N1C=[N+](c2c(C(C)C)cccc2C(C)C)B(N(C)C)B1N(C)C. The quantitative estimate of drug-likeness (QED) is 0.404. The van der Waals surface area contributed by atoms with Crippen molar-refractivity contribution in [1.82, 2.24) is 9.62 Å². The van der Waals surface area contributed by atoms with Crippen LogP contribution in [-0.2, 0) is 0 Å². The van der Waals surface area contributed by atoms with Crippen LogP contribution in [0.2, 0.25) is 0 Å². The fraction of sp³-hybridized carbons (Fsp3) is 0.552. The molecule has 0 fully saturated rings. The van der Waals surface area contributed by atoms with Gasteiger partial charge in [0.1, 0.15) is 11.4 Å². The second-order valence-corrected chi connectivity index (χ2v) is 11.9. The van der Waals surface area contributed by atoms with Crippen molar-refractivity contribution in [2.24, 2.45) is 0 Å². The van der Waals surface area contributed by atoms with Gasteiger partial charge in [-0.3, -0.25) is 9.30 Å². The summed E-state index contributed by atoms with van der Waals surface area (Å²) in [6.07, 6.45) is 2.41. The number of rotatable bonds is 8. The molecule has 0 saturated heterocycles. The maximum absolute atomic E-state index is 2.57. The van der Waals surface area contributed by atoms with E-state index in [1.807, 2.05) is 0 Å². The van der Waals surface area contributed by atoms with Gasteiger partial charge < -0.3 is 9.62 Å². The van der Waals surface area contributed by atoms with E-state index in [-0.39, 0.29) is 13.7 Å². The number of hydrogen-bond donors (Lipinski definition) is 0. The Balaban J connectivity index is 2.41. The molecule has 0 saturated carbocycles. The van der Waals surface area contributed by atoms with E-state index < -0.39 is 0 Å². The first-order valence-corrected chi connectivity index (χ1v) is 13.4. The van der Waals surface area contributed by atoms with Gasteiger partial charge in [-0.25, -0.2) is 0 Å². The maximum atomic E-state index is 2.57. The monoisotopic (exact) mass is 473 g/mol. The Morgan fingerprint density at radius 1 is 0.629 bits per heavy atom. The third-order valence-corrected chi connectivity index (χ3v) is 7.34. The van der Waals surface area contributed by atoms with Crippen molar-refractivity contribution in [3.05, 3.63) is 58.7 Å². The fourth-order valence-corrected chi connectivity index (χ4v) is 5.59. The predicted molar refractivity (Wildman–Crippen MR) is 157 cm³/mol. The molecule has 0 N–H and O–H groups in total. The lowest BCUT2D eigenvalue weighted by Crippen LogP contribution is -2.62. The Morgan fingerprint density at radius 3 is 1.37 bits per heavy atom. The van der Waals surface area contributed by atoms with E-state index in [0.29, 0.717) is 23.7 Å². The summed E-state index contributed by atoms with van der Waals surface area (Å²) < 4.78 is 2.57. The molecule has 0 aliphatic carbocycles. The number of benzene rings is 2. The smallest absolute Gasteiger partial charge is 0.308 e. The summed E-state index contributed by atoms with van der Waals surface area (Å²) in [5.74, 6) is 1.78. The minimum atomic E-state index is 0.169. The molecule has 1 aliphatic heterocycles. The van der Waals surface area contributed by atoms with Gasteiger partial charge in [-0.05, 0) is 74.1 Å². The van der Waals surface area contributed by atoms with Gasteiger partial charge in [0.15, 0.2) is 0 Å². The van der Waals surface area contributed by atoms with Crippen LogP contribution in [0.25, 0.3) is 0 Å². The molecule has 0 spiro atoms. The Bertz CT molecular complexity index is 1000. The third-order valence-electron chi connectivity index (χ3n) is 7.34. The molecule has 2 aromatic carbocycles. The zero-order valence-electron chi connectivity index (χ0n) is 24.3. The molecular formula is C29H47B2N4+. The van der Waals surface area contributed by atoms with Crippen LogP contribution < -0.4 is 4.81 Å². The van der Waals surface area contributed by atoms with Crippen molar-refractivity contribution in [3.63, 3.8) is 0 Å². The van der Waals surface area contributed by atoms with E-state index >= 15 is 0 Å². The normalized spacial score (nSPS) is 14.7. The van der Waals surface area contributed by atoms with Crippen LogP contribution in [0.4, 0.5) is 11.4 Å². The van der Waals surface area contributed by atoms with Crippen LogP contribution in [0.3, 0.4) is 0 Å². The molecule has 6 heteroatoms. The summed E-state index contributed by atoms with van der Waals surface area (Å²) in [7, 11) is 8.87. The lowest BCUT2D eigenvalue weighted by Gasteiger charge is -2.28. The van der Waals surface area contributed by atoms with Gasteiger partial charge in [-0.2, -0.15) is 0 Å². The summed E-state index contributed by atoms with van der Waals surface area (Å²) >= 11 is 0. The molecular weight excluding hydrogens is 426 g/mol. The van der Waals surface area contributed by atoms with Crippen molar-refractivity contribution < 1.29 is 4.49 Å². The average Bonchev–Trinajstić information content (AvgIpc) is 3.18. The first-order chi connectivity index (χ1) is 16.4. The zero-order valence-corrected chi connectivity index (χ0v) is 24.3. The van der Waals surface area contributed by atoms with Crippen LogP contribution in [0.1, 0.15) is 101 Å². The van der Waals surface area contributed by atoms with Crippen LogP contribution in [0.5, 0.6) is 0 Å². The second kappa shape index (κ2) is 10.9. The van der Waals surface area contributed by atoms with Gasteiger partial charge in [0.2, 0.25) is 6.34 Å². The van der Waals surface area contributed by atoms with Gasteiger partial charge in [0.05, 0.1) is 0 Å². The molecule has 35 heavy (non-hydrogen) atoms. The maximum Gasteiger partial charge on any atom is 0.506 e. The number of nitrogens with zero attached hydrogens (tertiary/aromatic N) is 4. The summed E-state index contributed by atoms with van der Waals surface area (Å²) in [6.45, 7) is 18.9. The minimum Gasteiger partial charge on any atom is -0.308 e. The Kier molecular flexibility index (Phi) is 8.60. The standard InChI is InChI=1S/C29H47B2N4/c1-20(2)24-15-13-16-25(21(3)4)28(24)34-19-35(31(33(11)12)30(34)32(9)10)29-26(22(5)6)17-14-18-27(29)23(7)8/h13-23H,1-12H3/q+1. The highest BCUT2D eigenvalue weighted by Crippen LogP contribution is 2.40. The molecule has 2 aromatic rings. The van der Waals surface area contributed by atoms with Gasteiger partial charge in [-0.15, -0.1) is 0 Å². The molecule has 4 nitrogen and oxygen atoms in total. The molecule has 0 radical (unpaired) electrons. The molecule has 1 aliphatic rings. The first-order valence-electron chi connectivity index (χ1n) is 13.4. The second-order valence-electron chi connectivity index (χ2n) is 11.9. The molecule has 0 amide bonds. The van der Waals surface area contributed by atoms with Gasteiger partial charge in [0, 0.05) is 0 Å². The van der Waals surface area contributed by atoms with E-state index in [2.05, 4.69) is 145 Å². The summed E-state index contributed by atoms with van der Waals surface area (Å²) in [6, 6.07) is 13.8. The fourth-order valence-electron chi connectivity index (χ4n) is 5.59. The van der Waals surface area contributed by atoms with Crippen molar-refractivity contribution in [1.29, 1.82) is 0 Å². The van der Waals surface area contributed by atoms with E-state index in [1.165, 1.54) is 33.6 Å². The molecule has 0 aromatic heterocycles. The first kappa shape index (κ1) is 27.5. The molecule has 0 atom stereocenters. The number of hydrogen-bond acceptors (Lipinski definition) is 3. The van der Waals surface area contributed by atoms with E-state index in [0.717, 1.165) is 0 Å². The van der Waals surface area contributed by atoms with E-state index in [9.17, 15) is 0 Å². The van der Waals surface area contributed by atoms with Crippen LogP contribution in [0.15, 0.2) is 36.4 Å². The highest BCUT2D eigenvalue weighted by atomic mass is 15.3. The van der Waals surface area contributed by atoms with E-state index in [1.54, 1.807) is 0 Å². The predicted octanol–water partition coefficient (Wildman–Crippen LogP) is 6.55. The molecule has 1 heterocycles. The lowest BCUT2D eigenvalue weighted by atomic mass is 9.32. The highest BCUT2D eigenvalue weighted by molar-refractivity contribution is 7.20. The molecule has 0 bridgehead atoms. The van der Waals surface area contributed by atoms with E-state index in [4.69, 9.17) is 0 Å². The molecule has 0 unspecified atom stereocenters.